The van der Waals surface area contributed by atoms with Crippen molar-refractivity contribution in [3.8, 4) is 0 Å². The zero-order valence-electron chi connectivity index (χ0n) is 10.9. The van der Waals surface area contributed by atoms with Gasteiger partial charge in [0.05, 0.1) is 12.1 Å². The van der Waals surface area contributed by atoms with E-state index in [1.165, 1.54) is 16.7 Å². The van der Waals surface area contributed by atoms with E-state index in [0.717, 1.165) is 11.1 Å². The van der Waals surface area contributed by atoms with E-state index < -0.39 is 5.76 Å². The highest BCUT2D eigenvalue weighted by Gasteiger charge is 2.11. The van der Waals surface area contributed by atoms with E-state index >= 15 is 0 Å². The van der Waals surface area contributed by atoms with Gasteiger partial charge >= 0.3 is 5.76 Å². The number of aromatic nitrogens is 1. The molecule has 0 bridgehead atoms. The van der Waals surface area contributed by atoms with Gasteiger partial charge in [-0.25, -0.2) is 9.18 Å². The summed E-state index contributed by atoms with van der Waals surface area (Å²) in [6, 6.07) is 9.58. The highest BCUT2D eigenvalue weighted by Crippen LogP contribution is 2.18. The van der Waals surface area contributed by atoms with Gasteiger partial charge in [0.25, 0.3) is 0 Å². The van der Waals surface area contributed by atoms with Crippen LogP contribution in [0.1, 0.15) is 11.1 Å². The molecule has 3 rings (SSSR count). The Morgan fingerprint density at radius 2 is 2.05 bits per heavy atom. The number of benzene rings is 2. The number of anilines is 1. The molecule has 0 radical (unpaired) electrons. The summed E-state index contributed by atoms with van der Waals surface area (Å²) in [4.78, 5) is 11.9. The number of nitrogen functional groups attached to an aromatic ring is 1. The number of nitrogens with zero attached hydrogens (tertiary/aromatic N) is 1. The fourth-order valence-electron chi connectivity index (χ4n) is 2.24. The second-order valence-electron chi connectivity index (χ2n) is 4.75. The van der Waals surface area contributed by atoms with Crippen molar-refractivity contribution < 1.29 is 8.81 Å². The topological polar surface area (TPSA) is 61.2 Å². The van der Waals surface area contributed by atoms with Crippen molar-refractivity contribution >= 4 is 16.8 Å². The standard InChI is InChI=1S/C15H13FN2O2/c1-9-6-11(16)3-2-10(9)8-18-13-5-4-12(17)7-14(13)20-15(18)19/h2-7H,8,17H2,1H3. The van der Waals surface area contributed by atoms with Gasteiger partial charge in [-0.3, -0.25) is 4.57 Å². The summed E-state index contributed by atoms with van der Waals surface area (Å²) in [5, 5.41) is 0. The van der Waals surface area contributed by atoms with Crippen LogP contribution in [0.4, 0.5) is 10.1 Å². The minimum Gasteiger partial charge on any atom is -0.408 e. The third-order valence-electron chi connectivity index (χ3n) is 3.33. The molecule has 0 fully saturated rings. The van der Waals surface area contributed by atoms with Crippen molar-refractivity contribution in [2.45, 2.75) is 13.5 Å². The fraction of sp³-hybridized carbons (Fsp3) is 0.133. The Hall–Kier alpha value is -2.56. The van der Waals surface area contributed by atoms with Gasteiger partial charge < -0.3 is 10.2 Å². The summed E-state index contributed by atoms with van der Waals surface area (Å²) < 4.78 is 19.8. The average Bonchev–Trinajstić information content (AvgIpc) is 2.68. The van der Waals surface area contributed by atoms with Gasteiger partial charge in [0.2, 0.25) is 0 Å². The van der Waals surface area contributed by atoms with Crippen LogP contribution in [0.25, 0.3) is 11.1 Å². The van der Waals surface area contributed by atoms with Gasteiger partial charge in [-0.05, 0) is 42.3 Å². The van der Waals surface area contributed by atoms with E-state index in [0.29, 0.717) is 23.3 Å². The lowest BCUT2D eigenvalue weighted by atomic mass is 10.1. The normalized spacial score (nSPS) is 11.1. The van der Waals surface area contributed by atoms with Gasteiger partial charge in [-0.15, -0.1) is 0 Å². The quantitative estimate of drug-likeness (QED) is 0.729. The molecule has 2 aromatic carbocycles. The lowest BCUT2D eigenvalue weighted by Gasteiger charge is -2.06. The minimum absolute atomic E-state index is 0.288. The van der Waals surface area contributed by atoms with Crippen molar-refractivity contribution in [3.05, 3.63) is 63.9 Å². The first-order valence-corrected chi connectivity index (χ1v) is 6.18. The summed E-state index contributed by atoms with van der Waals surface area (Å²) >= 11 is 0. The number of fused-ring (bicyclic) bond motifs is 1. The SMILES string of the molecule is Cc1cc(F)ccc1Cn1c(=O)oc2cc(N)ccc21. The maximum atomic E-state index is 13.1. The zero-order chi connectivity index (χ0) is 14.3. The van der Waals surface area contributed by atoms with Crippen LogP contribution in [0.15, 0.2) is 45.6 Å². The maximum Gasteiger partial charge on any atom is 0.420 e. The Morgan fingerprint density at radius 1 is 1.25 bits per heavy atom. The molecule has 0 atom stereocenters. The Kier molecular flexibility index (Phi) is 2.82. The second kappa shape index (κ2) is 4.52. The largest absolute Gasteiger partial charge is 0.420 e. The van der Waals surface area contributed by atoms with E-state index in [4.69, 9.17) is 10.2 Å². The van der Waals surface area contributed by atoms with Crippen LogP contribution < -0.4 is 11.5 Å². The zero-order valence-corrected chi connectivity index (χ0v) is 10.9. The molecule has 102 valence electrons. The number of rotatable bonds is 2. The van der Waals surface area contributed by atoms with Crippen LogP contribution >= 0.6 is 0 Å². The first-order chi connectivity index (χ1) is 9.54. The number of hydrogen-bond donors (Lipinski definition) is 1. The molecular weight excluding hydrogens is 259 g/mol. The van der Waals surface area contributed by atoms with Crippen LogP contribution in [0.3, 0.4) is 0 Å². The van der Waals surface area contributed by atoms with Gasteiger partial charge in [0, 0.05) is 11.8 Å². The molecule has 2 N–H and O–H groups in total. The molecule has 0 aliphatic carbocycles. The molecule has 0 aliphatic heterocycles. The maximum absolute atomic E-state index is 13.1. The first-order valence-electron chi connectivity index (χ1n) is 6.18. The van der Waals surface area contributed by atoms with E-state index in [9.17, 15) is 9.18 Å². The molecule has 0 unspecified atom stereocenters. The third kappa shape index (κ3) is 2.07. The third-order valence-corrected chi connectivity index (χ3v) is 3.33. The molecule has 0 saturated heterocycles. The predicted molar refractivity (Wildman–Crippen MR) is 75.1 cm³/mol. The lowest BCUT2D eigenvalue weighted by Crippen LogP contribution is -2.15. The van der Waals surface area contributed by atoms with Crippen LogP contribution in [-0.2, 0) is 6.54 Å². The van der Waals surface area contributed by atoms with E-state index in [-0.39, 0.29) is 5.82 Å². The van der Waals surface area contributed by atoms with Gasteiger partial charge in [0.1, 0.15) is 5.82 Å². The molecule has 5 heteroatoms. The van der Waals surface area contributed by atoms with Gasteiger partial charge in [0.15, 0.2) is 5.58 Å². The smallest absolute Gasteiger partial charge is 0.408 e. The van der Waals surface area contributed by atoms with E-state index in [1.807, 2.05) is 6.92 Å². The Labute approximate surface area is 114 Å². The molecule has 1 aromatic heterocycles. The van der Waals surface area contributed by atoms with Crippen molar-refractivity contribution in [3.63, 3.8) is 0 Å². The molecule has 0 spiro atoms. The molecular formula is C15H13FN2O2. The minimum atomic E-state index is -0.450. The van der Waals surface area contributed by atoms with Crippen LogP contribution in [0.5, 0.6) is 0 Å². The molecule has 20 heavy (non-hydrogen) atoms. The summed E-state index contributed by atoms with van der Waals surface area (Å²) in [5.74, 6) is -0.738. The molecule has 0 amide bonds. The van der Waals surface area contributed by atoms with Crippen LogP contribution in [0.2, 0.25) is 0 Å². The lowest BCUT2D eigenvalue weighted by molar-refractivity contribution is 0.517. The summed E-state index contributed by atoms with van der Waals surface area (Å²) in [5.41, 5.74) is 8.99. The monoisotopic (exact) mass is 272 g/mol. The van der Waals surface area contributed by atoms with E-state index in [1.54, 1.807) is 24.3 Å². The van der Waals surface area contributed by atoms with Crippen molar-refractivity contribution in [2.24, 2.45) is 0 Å². The average molecular weight is 272 g/mol. The number of hydrogen-bond acceptors (Lipinski definition) is 3. The molecule has 3 aromatic rings. The Morgan fingerprint density at radius 3 is 2.80 bits per heavy atom. The first kappa shape index (κ1) is 12.5. The summed E-state index contributed by atoms with van der Waals surface area (Å²) in [6.07, 6.45) is 0. The summed E-state index contributed by atoms with van der Waals surface area (Å²) in [6.45, 7) is 2.14. The molecule has 1 heterocycles. The van der Waals surface area contributed by atoms with Crippen LogP contribution in [0, 0.1) is 12.7 Å². The summed E-state index contributed by atoms with van der Waals surface area (Å²) in [7, 11) is 0. The van der Waals surface area contributed by atoms with Gasteiger partial charge in [-0.1, -0.05) is 6.07 Å². The Balaban J connectivity index is 2.11. The van der Waals surface area contributed by atoms with E-state index in [2.05, 4.69) is 0 Å². The fourth-order valence-corrected chi connectivity index (χ4v) is 2.24. The highest BCUT2D eigenvalue weighted by molar-refractivity contribution is 5.76. The predicted octanol–water partition coefficient (Wildman–Crippen LogP) is 2.67. The van der Waals surface area contributed by atoms with Crippen molar-refractivity contribution in [2.75, 3.05) is 5.73 Å². The second-order valence-corrected chi connectivity index (χ2v) is 4.75. The number of nitrogens with two attached hydrogens (primary N) is 1. The Bertz CT molecular complexity index is 849. The number of aryl methyl sites for hydroxylation is 1. The van der Waals surface area contributed by atoms with Crippen molar-refractivity contribution in [1.82, 2.24) is 4.57 Å². The highest BCUT2D eigenvalue weighted by atomic mass is 19.1. The molecule has 0 aliphatic rings. The van der Waals surface area contributed by atoms with Gasteiger partial charge in [-0.2, -0.15) is 0 Å². The van der Waals surface area contributed by atoms with Crippen LogP contribution in [-0.4, -0.2) is 4.57 Å². The van der Waals surface area contributed by atoms with Crippen molar-refractivity contribution in [1.29, 1.82) is 0 Å². The number of halogens is 1. The number of oxazole rings is 1. The molecule has 0 saturated carbocycles. The molecule has 4 nitrogen and oxygen atoms in total.